The summed E-state index contributed by atoms with van der Waals surface area (Å²) in [6.45, 7) is 3.93. The number of hydrogen-bond donors (Lipinski definition) is 2. The zero-order chi connectivity index (χ0) is 14.7. The molecular weight excluding hydrogens is 295 g/mol. The predicted molar refractivity (Wildman–Crippen MR) is 86.4 cm³/mol. The van der Waals surface area contributed by atoms with Crippen molar-refractivity contribution in [1.82, 2.24) is 0 Å². The average molecular weight is 311 g/mol. The molecule has 0 bridgehead atoms. The number of ether oxygens (including phenoxy) is 1. The lowest BCUT2D eigenvalue weighted by Crippen LogP contribution is -2.06. The van der Waals surface area contributed by atoms with Gasteiger partial charge in [0.25, 0.3) is 0 Å². The molecule has 0 aliphatic rings. The third-order valence-electron chi connectivity index (χ3n) is 2.45. The van der Waals surface area contributed by atoms with E-state index < -0.39 is 0 Å². The van der Waals surface area contributed by atoms with E-state index in [-0.39, 0.29) is 6.10 Å². The van der Waals surface area contributed by atoms with Crippen molar-refractivity contribution in [2.45, 2.75) is 20.0 Å². The second kappa shape index (κ2) is 6.25. The van der Waals surface area contributed by atoms with Gasteiger partial charge in [-0.25, -0.2) is 0 Å². The number of benzene rings is 2. The molecule has 0 aliphatic carbocycles. The molecule has 20 heavy (non-hydrogen) atoms. The molecule has 0 atom stereocenters. The van der Waals surface area contributed by atoms with Crippen LogP contribution in [0.25, 0.3) is 0 Å². The molecule has 0 fully saturated rings. The van der Waals surface area contributed by atoms with Crippen LogP contribution in [-0.2, 0) is 0 Å². The summed E-state index contributed by atoms with van der Waals surface area (Å²) in [7, 11) is 0. The first-order valence-corrected chi connectivity index (χ1v) is 6.98. The van der Waals surface area contributed by atoms with Crippen LogP contribution in [0.1, 0.15) is 13.8 Å². The Balaban J connectivity index is 2.26. The van der Waals surface area contributed by atoms with Gasteiger partial charge in [-0.05, 0) is 38.1 Å². The zero-order valence-electron chi connectivity index (χ0n) is 11.3. The lowest BCUT2D eigenvalue weighted by Gasteiger charge is -2.13. The third-order valence-corrected chi connectivity index (χ3v) is 2.89. The Morgan fingerprint density at radius 2 is 1.55 bits per heavy atom. The Morgan fingerprint density at radius 3 is 2.15 bits per heavy atom. The molecule has 3 nitrogen and oxygen atoms in total. The van der Waals surface area contributed by atoms with E-state index in [2.05, 4.69) is 5.32 Å². The maximum absolute atomic E-state index is 5.97. The summed E-state index contributed by atoms with van der Waals surface area (Å²) in [5.74, 6) is 0.718. The number of nitrogen functional groups attached to an aromatic ring is 1. The van der Waals surface area contributed by atoms with Crippen molar-refractivity contribution >= 4 is 40.3 Å². The van der Waals surface area contributed by atoms with E-state index in [0.717, 1.165) is 17.1 Å². The SMILES string of the molecule is CC(C)Oc1cc(N)cc(Nc2cc(Cl)cc(Cl)c2)c1. The zero-order valence-corrected chi connectivity index (χ0v) is 12.8. The Morgan fingerprint density at radius 1 is 0.950 bits per heavy atom. The predicted octanol–water partition coefficient (Wildman–Crippen LogP) is 5.11. The summed E-state index contributed by atoms with van der Waals surface area (Å²) in [6.07, 6.45) is 0.0882. The van der Waals surface area contributed by atoms with Gasteiger partial charge in [-0.2, -0.15) is 0 Å². The fourth-order valence-electron chi connectivity index (χ4n) is 1.83. The van der Waals surface area contributed by atoms with Crippen molar-refractivity contribution in [3.8, 4) is 5.75 Å². The van der Waals surface area contributed by atoms with E-state index >= 15 is 0 Å². The summed E-state index contributed by atoms with van der Waals surface area (Å²) in [5.41, 5.74) is 8.11. The van der Waals surface area contributed by atoms with Crippen molar-refractivity contribution in [2.75, 3.05) is 11.1 Å². The molecule has 0 heterocycles. The Hall–Kier alpha value is -1.58. The molecule has 3 N–H and O–H groups in total. The molecule has 0 saturated heterocycles. The molecule has 2 aromatic rings. The van der Waals surface area contributed by atoms with Crippen molar-refractivity contribution in [2.24, 2.45) is 0 Å². The highest BCUT2D eigenvalue weighted by Crippen LogP contribution is 2.29. The van der Waals surface area contributed by atoms with Crippen LogP contribution in [0.2, 0.25) is 10.0 Å². The lowest BCUT2D eigenvalue weighted by molar-refractivity contribution is 0.242. The van der Waals surface area contributed by atoms with Crippen molar-refractivity contribution in [3.05, 3.63) is 46.4 Å². The van der Waals surface area contributed by atoms with Gasteiger partial charge in [-0.1, -0.05) is 23.2 Å². The highest BCUT2D eigenvalue weighted by Gasteiger charge is 2.04. The van der Waals surface area contributed by atoms with Gasteiger partial charge < -0.3 is 15.8 Å². The second-order valence-corrected chi connectivity index (χ2v) is 5.61. The molecule has 0 aliphatic heterocycles. The van der Waals surface area contributed by atoms with Gasteiger partial charge >= 0.3 is 0 Å². The van der Waals surface area contributed by atoms with Crippen molar-refractivity contribution < 1.29 is 4.74 Å². The summed E-state index contributed by atoms with van der Waals surface area (Å²) in [5, 5.41) is 4.35. The van der Waals surface area contributed by atoms with E-state index in [1.165, 1.54) is 0 Å². The van der Waals surface area contributed by atoms with Gasteiger partial charge in [0.2, 0.25) is 0 Å². The van der Waals surface area contributed by atoms with Crippen molar-refractivity contribution in [1.29, 1.82) is 0 Å². The Labute approximate surface area is 128 Å². The maximum atomic E-state index is 5.97. The highest BCUT2D eigenvalue weighted by molar-refractivity contribution is 6.35. The Bertz CT molecular complexity index is 595. The molecule has 0 saturated carbocycles. The minimum atomic E-state index is 0.0882. The van der Waals surface area contributed by atoms with Crippen LogP contribution in [0.4, 0.5) is 17.1 Å². The van der Waals surface area contributed by atoms with E-state index in [0.29, 0.717) is 15.7 Å². The summed E-state index contributed by atoms with van der Waals surface area (Å²) < 4.78 is 5.65. The number of hydrogen-bond acceptors (Lipinski definition) is 3. The molecule has 5 heteroatoms. The van der Waals surface area contributed by atoms with E-state index in [1.807, 2.05) is 26.0 Å². The highest BCUT2D eigenvalue weighted by atomic mass is 35.5. The number of rotatable bonds is 4. The lowest BCUT2D eigenvalue weighted by atomic mass is 10.2. The van der Waals surface area contributed by atoms with Crippen LogP contribution >= 0.6 is 23.2 Å². The largest absolute Gasteiger partial charge is 0.491 e. The molecule has 2 aromatic carbocycles. The van der Waals surface area contributed by atoms with Crippen LogP contribution in [0.5, 0.6) is 5.75 Å². The van der Waals surface area contributed by atoms with Crippen LogP contribution in [0.3, 0.4) is 0 Å². The topological polar surface area (TPSA) is 47.3 Å². The van der Waals surface area contributed by atoms with E-state index in [4.69, 9.17) is 33.7 Å². The Kier molecular flexibility index (Phi) is 4.63. The van der Waals surface area contributed by atoms with E-state index in [9.17, 15) is 0 Å². The first-order valence-electron chi connectivity index (χ1n) is 6.23. The smallest absolute Gasteiger partial charge is 0.123 e. The number of halogens is 2. The van der Waals surface area contributed by atoms with Gasteiger partial charge in [0.15, 0.2) is 0 Å². The number of nitrogens with two attached hydrogens (primary N) is 1. The normalized spacial score (nSPS) is 10.7. The van der Waals surface area contributed by atoms with Gasteiger partial charge in [0.05, 0.1) is 6.10 Å². The molecule has 106 valence electrons. The summed E-state index contributed by atoms with van der Waals surface area (Å²) in [4.78, 5) is 0. The molecular formula is C15H16Cl2N2O. The molecule has 0 amide bonds. The third kappa shape index (κ3) is 4.22. The monoisotopic (exact) mass is 310 g/mol. The fourth-order valence-corrected chi connectivity index (χ4v) is 2.35. The summed E-state index contributed by atoms with van der Waals surface area (Å²) >= 11 is 11.9. The van der Waals surface area contributed by atoms with Gasteiger partial charge in [0, 0.05) is 39.2 Å². The van der Waals surface area contributed by atoms with Crippen molar-refractivity contribution in [3.63, 3.8) is 0 Å². The first kappa shape index (κ1) is 14.8. The van der Waals surface area contributed by atoms with Crippen LogP contribution in [-0.4, -0.2) is 6.10 Å². The number of anilines is 3. The first-order chi connectivity index (χ1) is 9.42. The molecule has 0 spiro atoms. The van der Waals surface area contributed by atoms with Gasteiger partial charge in [-0.15, -0.1) is 0 Å². The molecule has 2 rings (SSSR count). The second-order valence-electron chi connectivity index (χ2n) is 4.74. The van der Waals surface area contributed by atoms with Crippen LogP contribution < -0.4 is 15.8 Å². The summed E-state index contributed by atoms with van der Waals surface area (Å²) in [6, 6.07) is 10.8. The average Bonchev–Trinajstić information content (AvgIpc) is 2.24. The van der Waals surface area contributed by atoms with Crippen LogP contribution in [0, 0.1) is 0 Å². The molecule has 0 unspecified atom stereocenters. The quantitative estimate of drug-likeness (QED) is 0.772. The number of nitrogens with one attached hydrogen (secondary N) is 1. The standard InChI is InChI=1S/C15H16Cl2N2O/c1-9(2)20-15-7-12(18)6-14(8-15)19-13-4-10(16)3-11(17)5-13/h3-9,19H,18H2,1-2H3. The van der Waals surface area contributed by atoms with Gasteiger partial charge in [0.1, 0.15) is 5.75 Å². The molecule has 0 aromatic heterocycles. The van der Waals surface area contributed by atoms with Crippen LogP contribution in [0.15, 0.2) is 36.4 Å². The van der Waals surface area contributed by atoms with Gasteiger partial charge in [-0.3, -0.25) is 0 Å². The minimum Gasteiger partial charge on any atom is -0.491 e. The fraction of sp³-hybridized carbons (Fsp3) is 0.200. The maximum Gasteiger partial charge on any atom is 0.123 e. The molecule has 0 radical (unpaired) electrons. The minimum absolute atomic E-state index is 0.0882. The van der Waals surface area contributed by atoms with E-state index in [1.54, 1.807) is 24.3 Å².